The van der Waals surface area contributed by atoms with Crippen molar-refractivity contribution < 1.29 is 0 Å². The van der Waals surface area contributed by atoms with Crippen molar-refractivity contribution in [3.05, 3.63) is 0 Å². The lowest BCUT2D eigenvalue weighted by molar-refractivity contribution is 0.323. The van der Waals surface area contributed by atoms with Crippen LogP contribution in [0.4, 0.5) is 0 Å². The molecule has 1 nitrogen and oxygen atoms in total. The highest BCUT2D eigenvalue weighted by atomic mass is 14.8. The van der Waals surface area contributed by atoms with Crippen molar-refractivity contribution >= 4 is 0 Å². The quantitative estimate of drug-likeness (QED) is 0.548. The van der Waals surface area contributed by atoms with Crippen LogP contribution in [-0.2, 0) is 0 Å². The van der Waals surface area contributed by atoms with Crippen LogP contribution in [0.1, 0.15) is 33.6 Å². The van der Waals surface area contributed by atoms with Crippen molar-refractivity contribution in [2.75, 3.05) is 0 Å². The van der Waals surface area contributed by atoms with Crippen LogP contribution in [0.3, 0.4) is 0 Å². The summed E-state index contributed by atoms with van der Waals surface area (Å²) in [5.41, 5.74) is 6.39. The van der Waals surface area contributed by atoms with Crippen LogP contribution in [0.15, 0.2) is 0 Å². The summed E-state index contributed by atoms with van der Waals surface area (Å²) in [4.78, 5) is 0. The molecule has 1 saturated carbocycles. The molecule has 0 bridgehead atoms. The Morgan fingerprint density at radius 3 is 1.75 bits per heavy atom. The Morgan fingerprint density at radius 2 is 1.75 bits per heavy atom. The topological polar surface area (TPSA) is 26.0 Å². The monoisotopic (exact) mass is 113 g/mol. The lowest BCUT2D eigenvalue weighted by atomic mass is 9.87. The number of hydrogen-bond acceptors (Lipinski definition) is 1. The van der Waals surface area contributed by atoms with Crippen molar-refractivity contribution in [1.29, 1.82) is 0 Å². The van der Waals surface area contributed by atoms with Crippen LogP contribution in [0.25, 0.3) is 0 Å². The van der Waals surface area contributed by atoms with E-state index in [1.807, 2.05) is 0 Å². The molecule has 1 heteroatoms. The van der Waals surface area contributed by atoms with Crippen molar-refractivity contribution in [2.24, 2.45) is 11.1 Å². The third-order valence-corrected chi connectivity index (χ3v) is 2.56. The molecule has 0 aromatic carbocycles. The van der Waals surface area contributed by atoms with E-state index in [4.69, 9.17) is 5.73 Å². The average Bonchev–Trinajstić information content (AvgIpc) is 2.16. The molecule has 0 saturated heterocycles. The fraction of sp³-hybridized carbons (Fsp3) is 1.00. The van der Waals surface area contributed by atoms with Crippen molar-refractivity contribution in [3.8, 4) is 0 Å². The lowest BCUT2D eigenvalue weighted by Gasteiger charge is -2.26. The highest BCUT2D eigenvalue weighted by Gasteiger charge is 2.47. The zero-order valence-electron chi connectivity index (χ0n) is 5.99. The first-order valence-corrected chi connectivity index (χ1v) is 3.25. The molecule has 8 heavy (non-hydrogen) atoms. The Morgan fingerprint density at radius 1 is 1.38 bits per heavy atom. The van der Waals surface area contributed by atoms with E-state index >= 15 is 0 Å². The van der Waals surface area contributed by atoms with E-state index in [0.29, 0.717) is 5.41 Å². The minimum atomic E-state index is 0.0486. The van der Waals surface area contributed by atoms with E-state index in [0.717, 1.165) is 0 Å². The summed E-state index contributed by atoms with van der Waals surface area (Å²) in [5, 5.41) is 0. The first-order chi connectivity index (χ1) is 3.46. The second-order valence-corrected chi connectivity index (χ2v) is 3.78. The zero-order chi connectivity index (χ0) is 6.41. The van der Waals surface area contributed by atoms with Gasteiger partial charge in [-0.05, 0) is 32.1 Å². The van der Waals surface area contributed by atoms with Crippen LogP contribution in [0, 0.1) is 5.41 Å². The molecule has 1 rings (SSSR count). The molecule has 0 atom stereocenters. The minimum Gasteiger partial charge on any atom is -0.325 e. The van der Waals surface area contributed by atoms with Crippen LogP contribution < -0.4 is 5.73 Å². The predicted molar refractivity (Wildman–Crippen MR) is 35.6 cm³/mol. The van der Waals surface area contributed by atoms with Gasteiger partial charge in [-0.15, -0.1) is 0 Å². The number of nitrogens with two attached hydrogens (primary N) is 1. The van der Waals surface area contributed by atoms with E-state index in [1.54, 1.807) is 0 Å². The Kier molecular flexibility index (Phi) is 0.965. The number of rotatable bonds is 1. The van der Waals surface area contributed by atoms with E-state index in [2.05, 4.69) is 20.8 Å². The maximum Gasteiger partial charge on any atom is 0.0151 e. The zero-order valence-corrected chi connectivity index (χ0v) is 5.99. The Hall–Kier alpha value is -0.0400. The van der Waals surface area contributed by atoms with E-state index in [-0.39, 0.29) is 5.54 Å². The minimum absolute atomic E-state index is 0.0486. The smallest absolute Gasteiger partial charge is 0.0151 e. The Labute approximate surface area is 51.3 Å². The van der Waals surface area contributed by atoms with Crippen molar-refractivity contribution in [2.45, 2.75) is 39.2 Å². The molecule has 0 aromatic rings. The van der Waals surface area contributed by atoms with Crippen LogP contribution in [0.2, 0.25) is 0 Å². The highest BCUT2D eigenvalue weighted by molar-refractivity contribution is 5.03. The van der Waals surface area contributed by atoms with Crippen LogP contribution in [-0.4, -0.2) is 5.54 Å². The Bertz CT molecular complexity index is 92.2. The van der Waals surface area contributed by atoms with Gasteiger partial charge in [-0.3, -0.25) is 0 Å². The fourth-order valence-electron chi connectivity index (χ4n) is 0.832. The molecule has 0 aliphatic heterocycles. The molecule has 0 heterocycles. The largest absolute Gasteiger partial charge is 0.325 e. The highest BCUT2D eigenvalue weighted by Crippen LogP contribution is 2.52. The van der Waals surface area contributed by atoms with Gasteiger partial charge in [0.05, 0.1) is 0 Å². The molecule has 48 valence electrons. The summed E-state index contributed by atoms with van der Waals surface area (Å²) in [7, 11) is 0. The number of hydrogen-bond donors (Lipinski definition) is 1. The fourth-order valence-corrected chi connectivity index (χ4v) is 0.832. The van der Waals surface area contributed by atoms with Gasteiger partial charge in [-0.2, -0.15) is 0 Å². The molecule has 1 aliphatic rings. The molecule has 0 amide bonds. The van der Waals surface area contributed by atoms with Gasteiger partial charge >= 0.3 is 0 Å². The van der Waals surface area contributed by atoms with Gasteiger partial charge in [0.15, 0.2) is 0 Å². The van der Waals surface area contributed by atoms with E-state index < -0.39 is 0 Å². The normalized spacial score (nSPS) is 25.5. The molecule has 0 unspecified atom stereocenters. The molecular weight excluding hydrogens is 98.1 g/mol. The van der Waals surface area contributed by atoms with E-state index in [9.17, 15) is 0 Å². The van der Waals surface area contributed by atoms with Crippen molar-refractivity contribution in [3.63, 3.8) is 0 Å². The molecule has 1 aliphatic carbocycles. The van der Waals surface area contributed by atoms with Gasteiger partial charge in [0.1, 0.15) is 0 Å². The molecule has 0 radical (unpaired) electrons. The molecule has 1 fully saturated rings. The van der Waals surface area contributed by atoms with E-state index in [1.165, 1.54) is 12.8 Å². The first-order valence-electron chi connectivity index (χ1n) is 3.25. The third kappa shape index (κ3) is 0.752. The van der Waals surface area contributed by atoms with Crippen LogP contribution >= 0.6 is 0 Å². The summed E-state index contributed by atoms with van der Waals surface area (Å²) in [5.74, 6) is 0. The van der Waals surface area contributed by atoms with Gasteiger partial charge in [0, 0.05) is 5.54 Å². The SMILES string of the molecule is CC(C)(N)C1(C)CC1. The summed E-state index contributed by atoms with van der Waals surface area (Å²) in [6.45, 7) is 6.48. The van der Waals surface area contributed by atoms with Crippen molar-refractivity contribution in [1.82, 2.24) is 0 Å². The second-order valence-electron chi connectivity index (χ2n) is 3.78. The van der Waals surface area contributed by atoms with Gasteiger partial charge in [0.25, 0.3) is 0 Å². The lowest BCUT2D eigenvalue weighted by Crippen LogP contribution is -2.40. The standard InChI is InChI=1S/C7H15N/c1-6(2,8)7(3)4-5-7/h4-5,8H2,1-3H3. The van der Waals surface area contributed by atoms with Gasteiger partial charge in [-0.25, -0.2) is 0 Å². The summed E-state index contributed by atoms with van der Waals surface area (Å²) in [6.07, 6.45) is 2.63. The predicted octanol–water partition coefficient (Wildman–Crippen LogP) is 1.52. The summed E-state index contributed by atoms with van der Waals surface area (Å²) < 4.78 is 0. The second kappa shape index (κ2) is 1.27. The van der Waals surface area contributed by atoms with Gasteiger partial charge < -0.3 is 5.73 Å². The molecule has 0 aromatic heterocycles. The summed E-state index contributed by atoms with van der Waals surface area (Å²) in [6, 6.07) is 0. The average molecular weight is 113 g/mol. The maximum atomic E-state index is 5.88. The van der Waals surface area contributed by atoms with Crippen LogP contribution in [0.5, 0.6) is 0 Å². The maximum absolute atomic E-state index is 5.88. The molecular formula is C7H15N. The molecule has 2 N–H and O–H groups in total. The first kappa shape index (κ1) is 6.09. The Balaban J connectivity index is 2.58. The van der Waals surface area contributed by atoms with Gasteiger partial charge in [0.2, 0.25) is 0 Å². The van der Waals surface area contributed by atoms with Gasteiger partial charge in [-0.1, -0.05) is 6.92 Å². The third-order valence-electron chi connectivity index (χ3n) is 2.56. The molecule has 0 spiro atoms. The summed E-state index contributed by atoms with van der Waals surface area (Å²) >= 11 is 0.